The molecular weight excluding hydrogens is 252 g/mol. The molecule has 0 radical (unpaired) electrons. The lowest BCUT2D eigenvalue weighted by atomic mass is 14.0. The van der Waals surface area contributed by atoms with Crippen LogP contribution in [0.2, 0.25) is 1.41 Å². The van der Waals surface area contributed by atoms with Crippen molar-refractivity contribution in [3.63, 3.8) is 0 Å². The molecule has 0 aromatic heterocycles. The number of hydrogen-bond donors (Lipinski definition) is 1. The van der Waals surface area contributed by atoms with Crippen LogP contribution in [-0.2, 0) is 0 Å². The van der Waals surface area contributed by atoms with Crippen molar-refractivity contribution in [3.05, 3.63) is 0 Å². The molecule has 4 heteroatoms. The molecule has 1 atom stereocenters. The summed E-state index contributed by atoms with van der Waals surface area (Å²) < 4.78 is 5.73. The van der Waals surface area contributed by atoms with E-state index in [4.69, 9.17) is 1.41 Å². The van der Waals surface area contributed by atoms with E-state index >= 15 is 0 Å². The van der Waals surface area contributed by atoms with E-state index in [1.54, 1.807) is 0 Å². The van der Waals surface area contributed by atoms with Crippen LogP contribution < -0.4 is 0 Å². The van der Waals surface area contributed by atoms with Crippen molar-refractivity contribution in [3.8, 4) is 0 Å². The van der Waals surface area contributed by atoms with Gasteiger partial charge in [0.05, 0.1) is 0 Å². The van der Waals surface area contributed by atoms with Gasteiger partial charge in [-0.3, -0.25) is 0 Å². The lowest BCUT2D eigenvalue weighted by molar-refractivity contribution is 1.66. The molecule has 0 spiro atoms. The highest BCUT2D eigenvalue weighted by molar-refractivity contribution is 14.2. The molecule has 24 valence electrons. The number of hydrogen-bond acceptors (Lipinski definition) is 1. The van der Waals surface area contributed by atoms with Crippen molar-refractivity contribution in [2.24, 2.45) is 0 Å². The minimum Gasteiger partial charge on any atom is -0.105 e. The zero-order valence-electron chi connectivity index (χ0n) is 2.65. The average molecular weight is 254 g/mol. The largest absolute Gasteiger partial charge is 0.344 e. The normalized spacial score (nSPS) is 15.5. The summed E-state index contributed by atoms with van der Waals surface area (Å²) in [5.41, 5.74) is 0. The minimum absolute atomic E-state index is 0.524. The quantitative estimate of drug-likeness (QED) is 0.507. The number of nitrogens with one attached hydrogen (secondary N) is 1. The molecule has 4 heavy (non-hydrogen) atoms. The molecule has 0 saturated heterocycles. The van der Waals surface area contributed by atoms with Gasteiger partial charge in [0.15, 0.2) is 0 Å². The molecule has 0 aromatic rings. The van der Waals surface area contributed by atoms with Gasteiger partial charge in [0.1, 0.15) is 0 Å². The van der Waals surface area contributed by atoms with Crippen LogP contribution >= 0.6 is 41.6 Å². The van der Waals surface area contributed by atoms with Crippen molar-refractivity contribution in [1.29, 1.82) is 5.15 Å². The van der Waals surface area contributed by atoms with Crippen LogP contribution in [0.1, 0.15) is 0 Å². The van der Waals surface area contributed by atoms with Gasteiger partial charge in [0.25, 0.3) is 22.0 Å². The molecule has 0 amide bonds. The predicted molar refractivity (Wildman–Crippen MR) is 32.6 cm³/mol. The minimum atomic E-state index is -0.524. The third-order valence-electron chi connectivity index (χ3n) is 0. The van der Waals surface area contributed by atoms with E-state index in [2.05, 4.69) is 20.6 Å². The molecule has 0 saturated carbocycles. The summed E-state index contributed by atoms with van der Waals surface area (Å²) >= 11 is 5.10. The molecule has 0 aliphatic rings. The van der Waals surface area contributed by atoms with Crippen molar-refractivity contribution in [2.45, 2.75) is 0 Å². The first-order valence-electron chi connectivity index (χ1n) is 0.985. The Morgan fingerprint density at radius 1 is 2.50 bits per heavy atom. The van der Waals surface area contributed by atoms with Gasteiger partial charge in [-0.25, -0.2) is 0 Å². The Labute approximate surface area is 48.1 Å². The van der Waals surface area contributed by atoms with E-state index in [1.807, 2.05) is 22.0 Å². The van der Waals surface area contributed by atoms with Crippen LogP contribution in [0.3, 0.4) is 0 Å². The molecule has 0 aromatic carbocycles. The Bertz CT molecular complexity index is 49.6. The predicted octanol–water partition coefficient (Wildman–Crippen LogP) is 2.89. The van der Waals surface area contributed by atoms with E-state index in [0.717, 1.165) is 0 Å². The fraction of sp³-hybridized carbons (Fsp3) is 0. The highest BCUT2D eigenvalue weighted by Gasteiger charge is 1.85. The Morgan fingerprint density at radius 3 is 2.75 bits per heavy atom. The Balaban J connectivity index is 3.14. The zero-order chi connectivity index (χ0) is 4.28. The second-order valence-electron chi connectivity index (χ2n) is 0.215. The zero-order valence-corrected chi connectivity index (χ0v) is 6.29. The maximum absolute atomic E-state index is 6.26. The molecular formula is HBrINP+. The van der Waals surface area contributed by atoms with Gasteiger partial charge in [-0.1, -0.05) is 0 Å². The second-order valence-corrected chi connectivity index (χ2v) is 9.38. The molecule has 1 unspecified atom stereocenters. The third-order valence-corrected chi connectivity index (χ3v) is 0. The van der Waals surface area contributed by atoms with Gasteiger partial charge in [-0.15, -0.1) is 5.15 Å². The summed E-state index contributed by atoms with van der Waals surface area (Å²) in [5.74, 6) is 0. The van der Waals surface area contributed by atoms with Crippen LogP contribution in [0.5, 0.6) is 0 Å². The van der Waals surface area contributed by atoms with E-state index in [0.29, 0.717) is 0 Å². The van der Waals surface area contributed by atoms with Gasteiger partial charge < -0.3 is 0 Å². The second kappa shape index (κ2) is 2.54. The first kappa shape index (κ1) is 3.50. The van der Waals surface area contributed by atoms with Crippen molar-refractivity contribution >= 4 is 41.6 Å². The maximum atomic E-state index is 6.26. The Morgan fingerprint density at radius 2 is 2.75 bits per heavy atom. The molecule has 0 aliphatic heterocycles. The van der Waals surface area contributed by atoms with Crippen molar-refractivity contribution in [1.82, 2.24) is 0 Å². The van der Waals surface area contributed by atoms with Gasteiger partial charge >= 0.3 is 4.06 Å². The van der Waals surface area contributed by atoms with Crippen LogP contribution in [0.4, 0.5) is 0 Å². The van der Waals surface area contributed by atoms with Crippen LogP contribution in [0.15, 0.2) is 0 Å². The van der Waals surface area contributed by atoms with Crippen LogP contribution in [0, 0.1) is 5.15 Å². The summed E-state index contributed by atoms with van der Waals surface area (Å²) in [6.45, 7) is 0. The number of halogens is 2. The highest BCUT2D eigenvalue weighted by atomic mass is 127. The Kier molecular flexibility index (Phi) is 2.22. The van der Waals surface area contributed by atoms with Crippen molar-refractivity contribution in [2.75, 3.05) is 0 Å². The molecule has 0 bridgehead atoms. The first-order valence-corrected chi connectivity index (χ1v) is 6.64. The standard InChI is InChI=1S/BrHINP/c1-4(2)3/h3H/q+1/i/hD. The van der Waals surface area contributed by atoms with Gasteiger partial charge in [-0.05, 0) is 0 Å². The summed E-state index contributed by atoms with van der Waals surface area (Å²) in [7, 11) is 0. The lowest BCUT2D eigenvalue weighted by Gasteiger charge is -1.33. The molecule has 0 heterocycles. The highest BCUT2D eigenvalue weighted by Crippen LogP contribution is 2.39. The molecule has 0 aliphatic carbocycles. The van der Waals surface area contributed by atoms with Gasteiger partial charge in [0.2, 0.25) is 16.9 Å². The van der Waals surface area contributed by atoms with E-state index in [-0.39, 0.29) is 0 Å². The third kappa shape index (κ3) is 10.3. The van der Waals surface area contributed by atoms with E-state index < -0.39 is 4.06 Å². The smallest absolute Gasteiger partial charge is 0.105 e. The molecule has 0 rings (SSSR count). The number of rotatable bonds is 0. The molecule has 1 N–H and O–H groups in total. The lowest BCUT2D eigenvalue weighted by Crippen LogP contribution is -0.845. The topological polar surface area (TPSA) is 23.9 Å². The first-order chi connectivity index (χ1) is 2.27. The average Bonchev–Trinajstić information content (AvgIpc) is 1.38. The van der Waals surface area contributed by atoms with Gasteiger partial charge in [0, 0.05) is 0 Å². The van der Waals surface area contributed by atoms with Gasteiger partial charge in [-0.2, -0.15) is 0 Å². The SMILES string of the molecule is [2H]N=[P+](Br)I. The molecule has 0 fully saturated rings. The fourth-order valence-corrected chi connectivity index (χ4v) is 0. The fourth-order valence-electron chi connectivity index (χ4n) is 0. The Hall–Kier alpha value is 1.31. The monoisotopic (exact) mass is 253 g/mol. The summed E-state index contributed by atoms with van der Waals surface area (Å²) in [6, 6.07) is 0. The van der Waals surface area contributed by atoms with Crippen molar-refractivity contribution < 1.29 is 1.41 Å². The maximum Gasteiger partial charge on any atom is 0.344 e. The van der Waals surface area contributed by atoms with Crippen LogP contribution in [-0.4, -0.2) is 0 Å². The summed E-state index contributed by atoms with van der Waals surface area (Å²) in [5, 5.41) is 3.11. The van der Waals surface area contributed by atoms with Crippen LogP contribution in [0.25, 0.3) is 0 Å². The van der Waals surface area contributed by atoms with E-state index in [1.165, 1.54) is 0 Å². The summed E-state index contributed by atoms with van der Waals surface area (Å²) in [6.07, 6.45) is 0. The molecule has 1 nitrogen and oxygen atoms in total. The summed E-state index contributed by atoms with van der Waals surface area (Å²) in [4.78, 5) is 0. The van der Waals surface area contributed by atoms with E-state index in [9.17, 15) is 0 Å².